The van der Waals surface area contributed by atoms with E-state index in [4.69, 9.17) is 25.6 Å². The highest BCUT2D eigenvalue weighted by molar-refractivity contribution is 6.32. The van der Waals surface area contributed by atoms with E-state index >= 15 is 0 Å². The number of carbonyl (C=O) groups excluding carboxylic acids is 1. The second-order valence-electron chi connectivity index (χ2n) is 8.25. The summed E-state index contributed by atoms with van der Waals surface area (Å²) in [6.07, 6.45) is 0. The molecule has 0 saturated carbocycles. The first kappa shape index (κ1) is 24.0. The largest absolute Gasteiger partial charge is 0.493 e. The molecule has 0 aliphatic carbocycles. The van der Waals surface area contributed by atoms with E-state index in [2.05, 4.69) is 15.0 Å². The highest BCUT2D eigenvalue weighted by Gasteiger charge is 2.29. The summed E-state index contributed by atoms with van der Waals surface area (Å²) < 4.78 is 16.5. The molecule has 3 aromatic rings. The van der Waals surface area contributed by atoms with E-state index < -0.39 is 0 Å². The summed E-state index contributed by atoms with van der Waals surface area (Å²) in [5.74, 6) is 1.96. The number of aryl methyl sites for hydroxylation is 1. The molecule has 0 bridgehead atoms. The molecule has 1 fully saturated rings. The lowest BCUT2D eigenvalue weighted by Gasteiger charge is -2.36. The molecule has 9 heteroatoms. The minimum atomic E-state index is -0.0880. The molecule has 1 saturated heterocycles. The standard InChI is InChI=1S/C25H29ClN4O4/c1-5-33-22-20(26)14-19(15-21(22)32-4)25(31)30-12-10-29(11-13-30)17(3)24-27-23(28-34-24)18-8-6-16(2)7-9-18/h6-9,14-15,17H,5,10-13H2,1-4H3. The van der Waals surface area contributed by atoms with Crippen LogP contribution in [0, 0.1) is 6.92 Å². The van der Waals surface area contributed by atoms with Crippen LogP contribution in [0.15, 0.2) is 40.9 Å². The van der Waals surface area contributed by atoms with Crippen molar-refractivity contribution in [1.82, 2.24) is 19.9 Å². The van der Waals surface area contributed by atoms with Gasteiger partial charge in [-0.3, -0.25) is 9.69 Å². The fraction of sp³-hybridized carbons (Fsp3) is 0.400. The monoisotopic (exact) mass is 484 g/mol. The first-order valence-corrected chi connectivity index (χ1v) is 11.7. The summed E-state index contributed by atoms with van der Waals surface area (Å²) in [4.78, 5) is 21.8. The van der Waals surface area contributed by atoms with Crippen LogP contribution in [0.1, 0.15) is 41.7 Å². The van der Waals surface area contributed by atoms with Gasteiger partial charge in [-0.15, -0.1) is 0 Å². The first-order chi connectivity index (χ1) is 16.4. The molecule has 1 unspecified atom stereocenters. The molecule has 1 aromatic heterocycles. The lowest BCUT2D eigenvalue weighted by atomic mass is 10.1. The highest BCUT2D eigenvalue weighted by atomic mass is 35.5. The highest BCUT2D eigenvalue weighted by Crippen LogP contribution is 2.37. The van der Waals surface area contributed by atoms with Crippen molar-refractivity contribution in [1.29, 1.82) is 0 Å². The average molecular weight is 485 g/mol. The number of rotatable bonds is 7. The number of halogens is 1. The molecule has 1 aliphatic rings. The quantitative estimate of drug-likeness (QED) is 0.483. The SMILES string of the molecule is CCOc1c(Cl)cc(C(=O)N2CCN(C(C)c3nc(-c4ccc(C)cc4)no3)CC2)cc1OC. The Kier molecular flexibility index (Phi) is 7.38. The summed E-state index contributed by atoms with van der Waals surface area (Å²) in [5.41, 5.74) is 2.58. The van der Waals surface area contributed by atoms with Gasteiger partial charge < -0.3 is 18.9 Å². The molecule has 2 heterocycles. The molecular formula is C25H29ClN4O4. The van der Waals surface area contributed by atoms with Crippen molar-refractivity contribution in [3.05, 3.63) is 58.4 Å². The van der Waals surface area contributed by atoms with Crippen molar-refractivity contribution in [2.24, 2.45) is 0 Å². The maximum atomic E-state index is 13.1. The summed E-state index contributed by atoms with van der Waals surface area (Å²) in [7, 11) is 1.53. The van der Waals surface area contributed by atoms with Crippen LogP contribution in [0.5, 0.6) is 11.5 Å². The summed E-state index contributed by atoms with van der Waals surface area (Å²) >= 11 is 6.35. The second kappa shape index (κ2) is 10.4. The zero-order valence-corrected chi connectivity index (χ0v) is 20.6. The Morgan fingerprint density at radius 1 is 1.18 bits per heavy atom. The third-order valence-electron chi connectivity index (χ3n) is 6.02. The van der Waals surface area contributed by atoms with Gasteiger partial charge in [0.15, 0.2) is 11.5 Å². The fourth-order valence-corrected chi connectivity index (χ4v) is 4.27. The minimum absolute atomic E-state index is 0.0519. The summed E-state index contributed by atoms with van der Waals surface area (Å²) in [6, 6.07) is 11.3. The molecule has 2 aromatic carbocycles. The van der Waals surface area contributed by atoms with E-state index in [1.54, 1.807) is 12.1 Å². The molecule has 8 nitrogen and oxygen atoms in total. The third-order valence-corrected chi connectivity index (χ3v) is 6.30. The van der Waals surface area contributed by atoms with E-state index in [0.717, 1.165) is 5.56 Å². The summed E-state index contributed by atoms with van der Waals surface area (Å²) in [5, 5.41) is 4.51. The maximum Gasteiger partial charge on any atom is 0.254 e. The topological polar surface area (TPSA) is 80.9 Å². The maximum absolute atomic E-state index is 13.1. The lowest BCUT2D eigenvalue weighted by Crippen LogP contribution is -2.49. The van der Waals surface area contributed by atoms with Crippen LogP contribution in [0.4, 0.5) is 0 Å². The van der Waals surface area contributed by atoms with Crippen LogP contribution in [0.3, 0.4) is 0 Å². The van der Waals surface area contributed by atoms with E-state index in [1.165, 1.54) is 12.7 Å². The minimum Gasteiger partial charge on any atom is -0.493 e. The Morgan fingerprint density at radius 3 is 2.53 bits per heavy atom. The van der Waals surface area contributed by atoms with E-state index in [0.29, 0.717) is 66.6 Å². The number of piperazine rings is 1. The van der Waals surface area contributed by atoms with E-state index in [9.17, 15) is 4.79 Å². The van der Waals surface area contributed by atoms with E-state index in [-0.39, 0.29) is 11.9 Å². The van der Waals surface area contributed by atoms with Gasteiger partial charge in [0.1, 0.15) is 0 Å². The summed E-state index contributed by atoms with van der Waals surface area (Å²) in [6.45, 7) is 8.95. The molecule has 34 heavy (non-hydrogen) atoms. The van der Waals surface area contributed by atoms with Gasteiger partial charge in [0.25, 0.3) is 5.91 Å². The van der Waals surface area contributed by atoms with Crippen LogP contribution >= 0.6 is 11.6 Å². The van der Waals surface area contributed by atoms with Gasteiger partial charge in [0.05, 0.1) is 24.8 Å². The predicted molar refractivity (Wildman–Crippen MR) is 130 cm³/mol. The lowest BCUT2D eigenvalue weighted by molar-refractivity contribution is 0.0551. The van der Waals surface area contributed by atoms with Crippen molar-refractivity contribution in [3.63, 3.8) is 0 Å². The molecule has 0 spiro atoms. The molecule has 1 amide bonds. The van der Waals surface area contributed by atoms with Crippen LogP contribution < -0.4 is 9.47 Å². The molecule has 180 valence electrons. The molecule has 0 radical (unpaired) electrons. The zero-order chi connectivity index (χ0) is 24.2. The van der Waals surface area contributed by atoms with Gasteiger partial charge >= 0.3 is 0 Å². The number of nitrogens with zero attached hydrogens (tertiary/aromatic N) is 4. The number of amides is 1. The number of hydrogen-bond acceptors (Lipinski definition) is 7. The Hall–Kier alpha value is -3.10. The Bertz CT molecular complexity index is 1140. The van der Waals surface area contributed by atoms with Crippen LogP contribution in [-0.4, -0.2) is 65.7 Å². The molecule has 1 atom stereocenters. The molecular weight excluding hydrogens is 456 g/mol. The van der Waals surface area contributed by atoms with Crippen molar-refractivity contribution in [3.8, 4) is 22.9 Å². The van der Waals surface area contributed by atoms with Crippen LogP contribution in [0.2, 0.25) is 5.02 Å². The van der Waals surface area contributed by atoms with Crippen LogP contribution in [-0.2, 0) is 0 Å². The Labute approximate surface area is 204 Å². The van der Waals surface area contributed by atoms with Gasteiger partial charge in [-0.05, 0) is 32.9 Å². The normalized spacial score (nSPS) is 15.3. The van der Waals surface area contributed by atoms with Gasteiger partial charge in [0, 0.05) is 37.3 Å². The average Bonchev–Trinajstić information content (AvgIpc) is 3.35. The number of methoxy groups -OCH3 is 1. The zero-order valence-electron chi connectivity index (χ0n) is 19.9. The van der Waals surface area contributed by atoms with Gasteiger partial charge in [0.2, 0.25) is 11.7 Å². The van der Waals surface area contributed by atoms with Crippen molar-refractivity contribution < 1.29 is 18.8 Å². The Balaban J connectivity index is 1.40. The van der Waals surface area contributed by atoms with Gasteiger partial charge in [-0.25, -0.2) is 0 Å². The fourth-order valence-electron chi connectivity index (χ4n) is 4.00. The van der Waals surface area contributed by atoms with Crippen molar-refractivity contribution in [2.45, 2.75) is 26.8 Å². The number of benzene rings is 2. The Morgan fingerprint density at radius 2 is 1.88 bits per heavy atom. The smallest absolute Gasteiger partial charge is 0.254 e. The van der Waals surface area contributed by atoms with E-state index in [1.807, 2.05) is 49.9 Å². The predicted octanol–water partition coefficient (Wildman–Crippen LogP) is 4.62. The van der Waals surface area contributed by atoms with Crippen molar-refractivity contribution in [2.75, 3.05) is 39.9 Å². The number of carbonyl (C=O) groups is 1. The van der Waals surface area contributed by atoms with Crippen LogP contribution in [0.25, 0.3) is 11.4 Å². The number of hydrogen-bond donors (Lipinski definition) is 0. The third kappa shape index (κ3) is 5.03. The number of ether oxygens (including phenoxy) is 2. The van der Waals surface area contributed by atoms with Gasteiger partial charge in [-0.1, -0.05) is 46.6 Å². The first-order valence-electron chi connectivity index (χ1n) is 11.4. The van der Waals surface area contributed by atoms with Gasteiger partial charge in [-0.2, -0.15) is 4.98 Å². The second-order valence-corrected chi connectivity index (χ2v) is 8.66. The molecule has 1 aliphatic heterocycles. The van der Waals surface area contributed by atoms with Crippen molar-refractivity contribution >= 4 is 17.5 Å². The molecule has 4 rings (SSSR count). The molecule has 0 N–H and O–H groups in total. The number of aromatic nitrogens is 2.